The number of nitrogens with one attached hydrogen (secondary N) is 1. The summed E-state index contributed by atoms with van der Waals surface area (Å²) in [5.41, 5.74) is -0.556. The molecule has 21 heavy (non-hydrogen) atoms. The van der Waals surface area contributed by atoms with Crippen LogP contribution in [0.5, 0.6) is 0 Å². The summed E-state index contributed by atoms with van der Waals surface area (Å²) in [5, 5.41) is 3.04. The quantitative estimate of drug-likeness (QED) is 0.871. The maximum absolute atomic E-state index is 12.6. The summed E-state index contributed by atoms with van der Waals surface area (Å²) in [6, 6.07) is 4.72. The Kier molecular flexibility index (Phi) is 5.56. The second kappa shape index (κ2) is 7.20. The average Bonchev–Trinajstić information content (AvgIpc) is 2.46. The summed E-state index contributed by atoms with van der Waals surface area (Å²) in [6.45, 7) is 0. The molecule has 0 bridgehead atoms. The number of amides is 1. The Bertz CT molecular complexity index is 484. The molecule has 1 saturated carbocycles. The molecule has 0 saturated heterocycles. The van der Waals surface area contributed by atoms with Gasteiger partial charge in [-0.2, -0.15) is 13.2 Å². The van der Waals surface area contributed by atoms with Crippen molar-refractivity contribution in [2.45, 2.75) is 43.5 Å². The molecular formula is C15H18F3NOS. The first-order valence-corrected chi connectivity index (χ1v) is 8.09. The third kappa shape index (κ3) is 5.26. The number of carbonyl (C=O) groups excluding carboxylic acids is 1. The van der Waals surface area contributed by atoms with Crippen molar-refractivity contribution in [3.8, 4) is 0 Å². The smallest absolute Gasteiger partial charge is 0.325 e. The molecule has 1 N–H and O–H groups in total. The van der Waals surface area contributed by atoms with Gasteiger partial charge in [0.2, 0.25) is 5.91 Å². The van der Waals surface area contributed by atoms with E-state index in [1.54, 1.807) is 11.8 Å². The first kappa shape index (κ1) is 16.2. The zero-order valence-electron chi connectivity index (χ0n) is 11.6. The molecule has 0 unspecified atom stereocenters. The van der Waals surface area contributed by atoms with E-state index in [1.165, 1.54) is 31.4 Å². The molecule has 0 radical (unpaired) electrons. The predicted octanol–water partition coefficient (Wildman–Crippen LogP) is 4.71. The van der Waals surface area contributed by atoms with E-state index < -0.39 is 11.7 Å². The lowest BCUT2D eigenvalue weighted by Gasteiger charge is -2.20. The molecule has 1 aliphatic carbocycles. The van der Waals surface area contributed by atoms with E-state index >= 15 is 0 Å². The van der Waals surface area contributed by atoms with Crippen LogP contribution < -0.4 is 5.32 Å². The SMILES string of the molecule is O=C(CSC1CCCCC1)Nc1cccc(C(F)(F)F)c1. The van der Waals surface area contributed by atoms with Gasteiger partial charge in [-0.1, -0.05) is 25.3 Å². The van der Waals surface area contributed by atoms with Crippen LogP contribution in [0.1, 0.15) is 37.7 Å². The van der Waals surface area contributed by atoms with Crippen molar-refractivity contribution in [2.75, 3.05) is 11.1 Å². The molecular weight excluding hydrogens is 299 g/mol. The van der Waals surface area contributed by atoms with Gasteiger partial charge in [0.25, 0.3) is 0 Å². The van der Waals surface area contributed by atoms with Gasteiger partial charge < -0.3 is 5.32 Å². The minimum Gasteiger partial charge on any atom is -0.325 e. The van der Waals surface area contributed by atoms with Crippen LogP contribution in [0.25, 0.3) is 0 Å². The van der Waals surface area contributed by atoms with Crippen LogP contribution in [0.4, 0.5) is 18.9 Å². The standard InChI is InChI=1S/C15H18F3NOS/c16-15(17,18)11-5-4-6-12(9-11)19-14(20)10-21-13-7-2-1-3-8-13/h4-6,9,13H,1-3,7-8,10H2,(H,19,20). The molecule has 0 aliphatic heterocycles. The van der Waals surface area contributed by atoms with E-state index in [4.69, 9.17) is 0 Å². The van der Waals surface area contributed by atoms with Gasteiger partial charge in [0, 0.05) is 10.9 Å². The van der Waals surface area contributed by atoms with Crippen molar-refractivity contribution in [2.24, 2.45) is 0 Å². The maximum atomic E-state index is 12.6. The highest BCUT2D eigenvalue weighted by Crippen LogP contribution is 2.31. The molecule has 1 aliphatic rings. The van der Waals surface area contributed by atoms with Crippen LogP contribution >= 0.6 is 11.8 Å². The van der Waals surface area contributed by atoms with Crippen LogP contribution in [0.15, 0.2) is 24.3 Å². The molecule has 0 spiro atoms. The highest BCUT2D eigenvalue weighted by Gasteiger charge is 2.30. The molecule has 1 amide bonds. The largest absolute Gasteiger partial charge is 0.416 e. The fourth-order valence-electron chi connectivity index (χ4n) is 2.40. The van der Waals surface area contributed by atoms with Gasteiger partial charge >= 0.3 is 6.18 Å². The number of anilines is 1. The highest BCUT2D eigenvalue weighted by molar-refractivity contribution is 8.00. The van der Waals surface area contributed by atoms with Gasteiger partial charge in [0.1, 0.15) is 0 Å². The Morgan fingerprint density at radius 3 is 2.62 bits per heavy atom. The third-order valence-electron chi connectivity index (χ3n) is 3.48. The lowest BCUT2D eigenvalue weighted by atomic mass is 10.0. The number of hydrogen-bond acceptors (Lipinski definition) is 2. The number of thioether (sulfide) groups is 1. The summed E-state index contributed by atoms with van der Waals surface area (Å²) in [4.78, 5) is 11.8. The molecule has 1 aromatic carbocycles. The van der Waals surface area contributed by atoms with Crippen molar-refractivity contribution in [3.05, 3.63) is 29.8 Å². The zero-order chi connectivity index (χ0) is 15.3. The molecule has 1 fully saturated rings. The van der Waals surface area contributed by atoms with Gasteiger partial charge in [0.05, 0.1) is 11.3 Å². The lowest BCUT2D eigenvalue weighted by molar-refractivity contribution is -0.137. The van der Waals surface area contributed by atoms with Crippen molar-refractivity contribution in [1.82, 2.24) is 0 Å². The summed E-state index contributed by atoms with van der Waals surface area (Å²) < 4.78 is 37.7. The van der Waals surface area contributed by atoms with E-state index in [2.05, 4.69) is 5.32 Å². The summed E-state index contributed by atoms with van der Waals surface area (Å²) >= 11 is 1.60. The molecule has 116 valence electrons. The minimum absolute atomic E-state index is 0.194. The monoisotopic (exact) mass is 317 g/mol. The van der Waals surface area contributed by atoms with Gasteiger partial charge in [-0.15, -0.1) is 11.8 Å². The van der Waals surface area contributed by atoms with Crippen molar-refractivity contribution < 1.29 is 18.0 Å². The number of rotatable bonds is 4. The van der Waals surface area contributed by atoms with E-state index in [-0.39, 0.29) is 11.6 Å². The van der Waals surface area contributed by atoms with Crippen LogP contribution in [0.2, 0.25) is 0 Å². The number of carbonyl (C=O) groups is 1. The molecule has 1 aromatic rings. The van der Waals surface area contributed by atoms with E-state index in [1.807, 2.05) is 0 Å². The van der Waals surface area contributed by atoms with Crippen molar-refractivity contribution in [3.63, 3.8) is 0 Å². The second-order valence-electron chi connectivity index (χ2n) is 5.20. The first-order valence-electron chi connectivity index (χ1n) is 7.04. The molecule has 0 atom stereocenters. The van der Waals surface area contributed by atoms with Gasteiger partial charge in [0.15, 0.2) is 0 Å². The maximum Gasteiger partial charge on any atom is 0.416 e. The second-order valence-corrected chi connectivity index (χ2v) is 6.49. The topological polar surface area (TPSA) is 29.1 Å². The molecule has 2 rings (SSSR count). The Balaban J connectivity index is 1.84. The third-order valence-corrected chi connectivity index (χ3v) is 4.85. The summed E-state index contributed by atoms with van der Waals surface area (Å²) in [6.07, 6.45) is 1.52. The predicted molar refractivity (Wildman–Crippen MR) is 79.4 cm³/mol. The van der Waals surface area contributed by atoms with Crippen LogP contribution in [-0.2, 0) is 11.0 Å². The van der Waals surface area contributed by atoms with Crippen LogP contribution in [0.3, 0.4) is 0 Å². The molecule has 0 aromatic heterocycles. The van der Waals surface area contributed by atoms with E-state index in [0.717, 1.165) is 25.0 Å². The number of hydrogen-bond donors (Lipinski definition) is 1. The highest BCUT2D eigenvalue weighted by atomic mass is 32.2. The lowest BCUT2D eigenvalue weighted by Crippen LogP contribution is -2.18. The van der Waals surface area contributed by atoms with Gasteiger partial charge in [-0.05, 0) is 31.0 Å². The van der Waals surface area contributed by atoms with Crippen molar-refractivity contribution in [1.29, 1.82) is 0 Å². The first-order chi connectivity index (χ1) is 9.95. The molecule has 0 heterocycles. The normalized spacial score (nSPS) is 16.7. The number of halogens is 3. The van der Waals surface area contributed by atoms with Gasteiger partial charge in [-0.25, -0.2) is 0 Å². The molecule has 6 heteroatoms. The fourth-order valence-corrected chi connectivity index (χ4v) is 3.52. The fraction of sp³-hybridized carbons (Fsp3) is 0.533. The Labute approximate surface area is 126 Å². The average molecular weight is 317 g/mol. The Morgan fingerprint density at radius 1 is 1.24 bits per heavy atom. The van der Waals surface area contributed by atoms with Crippen LogP contribution in [-0.4, -0.2) is 16.9 Å². The van der Waals surface area contributed by atoms with Crippen LogP contribution in [0, 0.1) is 0 Å². The van der Waals surface area contributed by atoms with E-state index in [9.17, 15) is 18.0 Å². The van der Waals surface area contributed by atoms with Gasteiger partial charge in [-0.3, -0.25) is 4.79 Å². The Hall–Kier alpha value is -1.17. The zero-order valence-corrected chi connectivity index (χ0v) is 12.4. The minimum atomic E-state index is -4.39. The number of alkyl halides is 3. The van der Waals surface area contributed by atoms with Crippen molar-refractivity contribution >= 4 is 23.4 Å². The summed E-state index contributed by atoms with van der Waals surface area (Å²) in [5.74, 6) is 0.0471. The molecule has 2 nitrogen and oxygen atoms in total. The summed E-state index contributed by atoms with van der Waals surface area (Å²) in [7, 11) is 0. The number of benzene rings is 1. The van der Waals surface area contributed by atoms with E-state index in [0.29, 0.717) is 11.0 Å². The Morgan fingerprint density at radius 2 is 1.95 bits per heavy atom.